The molecule has 3 rings (SSSR count). The Morgan fingerprint density at radius 3 is 2.52 bits per heavy atom. The molecular formula is C19H25N5O3. The highest BCUT2D eigenvalue weighted by molar-refractivity contribution is 5.76. The second-order valence-electron chi connectivity index (χ2n) is 6.91. The monoisotopic (exact) mass is 371 g/mol. The largest absolute Gasteiger partial charge is 0.353 e. The van der Waals surface area contributed by atoms with E-state index in [4.69, 9.17) is 0 Å². The van der Waals surface area contributed by atoms with Gasteiger partial charge in [0.15, 0.2) is 0 Å². The van der Waals surface area contributed by atoms with Crippen LogP contribution in [0.2, 0.25) is 0 Å². The number of carbonyl (C=O) groups is 1. The normalized spacial score (nSPS) is 15.6. The van der Waals surface area contributed by atoms with E-state index in [1.165, 1.54) is 23.1 Å². The SMILES string of the molecule is Cc1nn(CC(=O)NCC(c2ccccc2)N2CCCC2)c(C)c1[N+](=O)[O-]. The highest BCUT2D eigenvalue weighted by atomic mass is 16.6. The molecule has 1 aromatic carbocycles. The fourth-order valence-electron chi connectivity index (χ4n) is 3.69. The molecule has 1 aliphatic rings. The molecule has 0 aliphatic carbocycles. The topological polar surface area (TPSA) is 93.3 Å². The van der Waals surface area contributed by atoms with Gasteiger partial charge in [0.05, 0.1) is 11.0 Å². The van der Waals surface area contributed by atoms with Crippen molar-refractivity contribution in [3.05, 3.63) is 57.4 Å². The van der Waals surface area contributed by atoms with E-state index in [0.29, 0.717) is 17.9 Å². The number of nitro groups is 1. The molecule has 144 valence electrons. The molecule has 8 nitrogen and oxygen atoms in total. The Bertz CT molecular complexity index is 812. The molecule has 0 bridgehead atoms. The van der Waals surface area contributed by atoms with E-state index < -0.39 is 4.92 Å². The highest BCUT2D eigenvalue weighted by Crippen LogP contribution is 2.24. The summed E-state index contributed by atoms with van der Waals surface area (Å²) in [4.78, 5) is 25.5. The van der Waals surface area contributed by atoms with E-state index in [-0.39, 0.29) is 24.2 Å². The van der Waals surface area contributed by atoms with Crippen LogP contribution in [-0.4, -0.2) is 45.1 Å². The number of hydrogen-bond acceptors (Lipinski definition) is 5. The first kappa shape index (κ1) is 19.0. The maximum atomic E-state index is 12.4. The molecule has 2 aromatic rings. The van der Waals surface area contributed by atoms with Crippen molar-refractivity contribution in [2.24, 2.45) is 0 Å². The summed E-state index contributed by atoms with van der Waals surface area (Å²) in [5.74, 6) is -0.198. The van der Waals surface area contributed by atoms with E-state index in [2.05, 4.69) is 27.4 Å². The molecule has 1 aliphatic heterocycles. The van der Waals surface area contributed by atoms with Gasteiger partial charge in [-0.05, 0) is 45.3 Å². The Morgan fingerprint density at radius 1 is 1.26 bits per heavy atom. The van der Waals surface area contributed by atoms with Gasteiger partial charge in [-0.1, -0.05) is 30.3 Å². The van der Waals surface area contributed by atoms with E-state index in [1.807, 2.05) is 18.2 Å². The van der Waals surface area contributed by atoms with Crippen LogP contribution in [0.3, 0.4) is 0 Å². The summed E-state index contributed by atoms with van der Waals surface area (Å²) in [7, 11) is 0. The van der Waals surface area contributed by atoms with Crippen molar-refractivity contribution < 1.29 is 9.72 Å². The number of benzene rings is 1. The average Bonchev–Trinajstić information content (AvgIpc) is 3.25. The van der Waals surface area contributed by atoms with Crippen LogP contribution >= 0.6 is 0 Å². The smallest absolute Gasteiger partial charge is 0.312 e. The zero-order valence-electron chi connectivity index (χ0n) is 15.7. The fraction of sp³-hybridized carbons (Fsp3) is 0.474. The highest BCUT2D eigenvalue weighted by Gasteiger charge is 2.25. The first-order valence-electron chi connectivity index (χ1n) is 9.21. The third-order valence-electron chi connectivity index (χ3n) is 5.08. The van der Waals surface area contributed by atoms with Crippen molar-refractivity contribution in [1.82, 2.24) is 20.0 Å². The van der Waals surface area contributed by atoms with Gasteiger partial charge < -0.3 is 5.32 Å². The molecule has 1 amide bonds. The lowest BCUT2D eigenvalue weighted by atomic mass is 10.1. The molecule has 1 N–H and O–H groups in total. The van der Waals surface area contributed by atoms with Crippen molar-refractivity contribution in [2.45, 2.75) is 39.3 Å². The van der Waals surface area contributed by atoms with Gasteiger partial charge in [-0.2, -0.15) is 5.10 Å². The second-order valence-corrected chi connectivity index (χ2v) is 6.91. The first-order chi connectivity index (χ1) is 13.0. The Morgan fingerprint density at radius 2 is 1.93 bits per heavy atom. The molecule has 0 spiro atoms. The minimum Gasteiger partial charge on any atom is -0.353 e. The van der Waals surface area contributed by atoms with Crippen LogP contribution in [0, 0.1) is 24.0 Å². The zero-order chi connectivity index (χ0) is 19.4. The minimum atomic E-state index is -0.453. The van der Waals surface area contributed by atoms with Gasteiger partial charge in [0.2, 0.25) is 5.91 Å². The van der Waals surface area contributed by atoms with Gasteiger partial charge in [0.1, 0.15) is 17.9 Å². The number of rotatable bonds is 7. The lowest BCUT2D eigenvalue weighted by Gasteiger charge is -2.28. The zero-order valence-corrected chi connectivity index (χ0v) is 15.7. The second kappa shape index (κ2) is 8.30. The molecule has 1 saturated heterocycles. The maximum Gasteiger partial charge on any atom is 0.312 e. The van der Waals surface area contributed by atoms with Crippen molar-refractivity contribution in [3.8, 4) is 0 Å². The summed E-state index contributed by atoms with van der Waals surface area (Å²) in [5, 5.41) is 18.2. The number of aromatic nitrogens is 2. The maximum absolute atomic E-state index is 12.4. The Labute approximate surface area is 158 Å². The predicted octanol–water partition coefficient (Wildman–Crippen LogP) is 2.36. The van der Waals surface area contributed by atoms with Gasteiger partial charge in [-0.3, -0.25) is 24.5 Å². The standard InChI is InChI=1S/C19H25N5O3/c1-14-19(24(26)27)15(2)23(21-14)13-18(25)20-12-17(22-10-6-7-11-22)16-8-4-3-5-9-16/h3-5,8-9,17H,6-7,10-13H2,1-2H3,(H,20,25). The summed E-state index contributed by atoms with van der Waals surface area (Å²) in [5.41, 5.74) is 1.87. The average molecular weight is 371 g/mol. The van der Waals surface area contributed by atoms with Gasteiger partial charge in [-0.15, -0.1) is 0 Å². The number of likely N-dealkylation sites (tertiary alicyclic amines) is 1. The molecule has 1 fully saturated rings. The number of aryl methyl sites for hydroxylation is 1. The summed E-state index contributed by atoms with van der Waals surface area (Å²) >= 11 is 0. The molecule has 1 unspecified atom stereocenters. The van der Waals surface area contributed by atoms with E-state index in [9.17, 15) is 14.9 Å². The number of amides is 1. The summed E-state index contributed by atoms with van der Waals surface area (Å²) < 4.78 is 1.40. The Hall–Kier alpha value is -2.74. The molecule has 1 atom stereocenters. The van der Waals surface area contributed by atoms with Crippen molar-refractivity contribution in [1.29, 1.82) is 0 Å². The number of hydrogen-bond donors (Lipinski definition) is 1. The molecular weight excluding hydrogens is 346 g/mol. The van der Waals surface area contributed by atoms with Crippen LogP contribution in [0.25, 0.3) is 0 Å². The molecule has 0 radical (unpaired) electrons. The Balaban J connectivity index is 1.66. The van der Waals surface area contributed by atoms with Gasteiger partial charge in [-0.25, -0.2) is 0 Å². The molecule has 1 aromatic heterocycles. The van der Waals surface area contributed by atoms with E-state index >= 15 is 0 Å². The third-order valence-corrected chi connectivity index (χ3v) is 5.08. The number of nitrogens with zero attached hydrogens (tertiary/aromatic N) is 4. The van der Waals surface area contributed by atoms with E-state index in [1.54, 1.807) is 13.8 Å². The first-order valence-corrected chi connectivity index (χ1v) is 9.21. The summed E-state index contributed by atoms with van der Waals surface area (Å²) in [6.45, 7) is 5.73. The molecule has 8 heteroatoms. The lowest BCUT2D eigenvalue weighted by molar-refractivity contribution is -0.386. The quantitative estimate of drug-likeness (QED) is 0.596. The van der Waals surface area contributed by atoms with Crippen LogP contribution in [0.4, 0.5) is 5.69 Å². The van der Waals surface area contributed by atoms with Crippen LogP contribution in [-0.2, 0) is 11.3 Å². The van der Waals surface area contributed by atoms with Crippen LogP contribution in [0.15, 0.2) is 30.3 Å². The van der Waals surface area contributed by atoms with E-state index in [0.717, 1.165) is 13.1 Å². The predicted molar refractivity (Wildman–Crippen MR) is 101 cm³/mol. The molecule has 27 heavy (non-hydrogen) atoms. The van der Waals surface area contributed by atoms with Crippen molar-refractivity contribution in [3.63, 3.8) is 0 Å². The van der Waals surface area contributed by atoms with Crippen LogP contribution in [0.5, 0.6) is 0 Å². The fourth-order valence-corrected chi connectivity index (χ4v) is 3.69. The Kier molecular flexibility index (Phi) is 5.85. The van der Waals surface area contributed by atoms with Crippen molar-refractivity contribution in [2.75, 3.05) is 19.6 Å². The summed E-state index contributed by atoms with van der Waals surface area (Å²) in [6, 6.07) is 10.3. The third kappa shape index (κ3) is 4.33. The van der Waals surface area contributed by atoms with Gasteiger partial charge >= 0.3 is 5.69 Å². The van der Waals surface area contributed by atoms with Crippen LogP contribution < -0.4 is 5.32 Å². The molecule has 2 heterocycles. The van der Waals surface area contributed by atoms with Crippen LogP contribution in [0.1, 0.15) is 35.8 Å². The minimum absolute atomic E-state index is 0.0258. The number of nitrogens with one attached hydrogen (secondary N) is 1. The van der Waals surface area contributed by atoms with Gasteiger partial charge in [0.25, 0.3) is 0 Å². The summed E-state index contributed by atoms with van der Waals surface area (Å²) in [6.07, 6.45) is 2.35. The van der Waals surface area contributed by atoms with Gasteiger partial charge in [0, 0.05) is 6.54 Å². The lowest BCUT2D eigenvalue weighted by Crippen LogP contribution is -2.38. The molecule has 0 saturated carbocycles. The number of carbonyl (C=O) groups excluding carboxylic acids is 1. The van der Waals surface area contributed by atoms with Crippen molar-refractivity contribution >= 4 is 11.6 Å².